The number of aromatic nitrogens is 4. The van der Waals surface area contributed by atoms with Crippen molar-refractivity contribution >= 4 is 44.5 Å². The molecule has 0 fully saturated rings. The lowest BCUT2D eigenvalue weighted by atomic mass is 10.1. The highest BCUT2D eigenvalue weighted by Crippen LogP contribution is 2.32. The van der Waals surface area contributed by atoms with Crippen molar-refractivity contribution < 1.29 is 9.53 Å². The van der Waals surface area contributed by atoms with E-state index < -0.39 is 17.2 Å². The van der Waals surface area contributed by atoms with Crippen LogP contribution in [0.15, 0.2) is 33.9 Å². The Morgan fingerprint density at radius 3 is 2.59 bits per heavy atom. The molecule has 10 heteroatoms. The van der Waals surface area contributed by atoms with Gasteiger partial charge in [0.1, 0.15) is 4.83 Å². The summed E-state index contributed by atoms with van der Waals surface area (Å²) in [4.78, 5) is 44.5. The lowest BCUT2D eigenvalue weighted by molar-refractivity contribution is 0.0602. The first-order valence-corrected chi connectivity index (χ1v) is 11.1. The Bertz CT molecular complexity index is 1460. The number of nitrogens with one attached hydrogen (secondary N) is 1. The van der Waals surface area contributed by atoms with Crippen molar-refractivity contribution in [3.63, 3.8) is 0 Å². The number of methoxy groups -OCH3 is 1. The summed E-state index contributed by atoms with van der Waals surface area (Å²) < 4.78 is 9.62. The number of nitrogens with zero attached hydrogens (tertiary/aromatic N) is 4. The van der Waals surface area contributed by atoms with Gasteiger partial charge in [0, 0.05) is 25.5 Å². The molecule has 0 atom stereocenters. The Labute approximate surface area is 187 Å². The molecule has 168 valence electrons. The summed E-state index contributed by atoms with van der Waals surface area (Å²) in [7, 11) is 4.50. The molecule has 0 unspecified atom stereocenters. The van der Waals surface area contributed by atoms with Gasteiger partial charge in [-0.2, -0.15) is 0 Å². The molecule has 0 bridgehead atoms. The van der Waals surface area contributed by atoms with Crippen LogP contribution in [0, 0.1) is 5.92 Å². The van der Waals surface area contributed by atoms with Gasteiger partial charge in [-0.1, -0.05) is 26.0 Å². The average Bonchev–Trinajstić information content (AvgIpc) is 3.33. The zero-order valence-electron chi connectivity index (χ0n) is 18.6. The van der Waals surface area contributed by atoms with Crippen LogP contribution >= 0.6 is 11.3 Å². The summed E-state index contributed by atoms with van der Waals surface area (Å²) in [6, 6.07) is 7.69. The molecule has 3 aromatic heterocycles. The summed E-state index contributed by atoms with van der Waals surface area (Å²) in [6.45, 7) is 4.71. The number of ether oxygens (including phenoxy) is 1. The first-order valence-electron chi connectivity index (χ1n) is 10.2. The minimum Gasteiger partial charge on any atom is -0.465 e. The Kier molecular flexibility index (Phi) is 5.64. The lowest BCUT2D eigenvalue weighted by Gasteiger charge is -2.11. The zero-order chi connectivity index (χ0) is 23.2. The second kappa shape index (κ2) is 8.27. The second-order valence-electron chi connectivity index (χ2n) is 7.98. The third-order valence-corrected chi connectivity index (χ3v) is 6.56. The summed E-state index contributed by atoms with van der Waals surface area (Å²) in [6.07, 6.45) is 0. The van der Waals surface area contributed by atoms with Crippen LogP contribution in [0.25, 0.3) is 21.3 Å². The first kappa shape index (κ1) is 21.8. The third kappa shape index (κ3) is 3.40. The van der Waals surface area contributed by atoms with Crippen LogP contribution < -0.4 is 16.6 Å². The quantitative estimate of drug-likeness (QED) is 0.449. The molecule has 3 heterocycles. The van der Waals surface area contributed by atoms with Crippen molar-refractivity contribution in [2.45, 2.75) is 26.9 Å². The highest BCUT2D eigenvalue weighted by atomic mass is 32.1. The van der Waals surface area contributed by atoms with Crippen LogP contribution in [0.2, 0.25) is 0 Å². The predicted octanol–water partition coefficient (Wildman–Crippen LogP) is 2.64. The van der Waals surface area contributed by atoms with Gasteiger partial charge in [-0.05, 0) is 18.1 Å². The van der Waals surface area contributed by atoms with Gasteiger partial charge in [-0.15, -0.1) is 11.3 Å². The van der Waals surface area contributed by atoms with Crippen LogP contribution in [0.3, 0.4) is 0 Å². The maximum Gasteiger partial charge on any atom is 0.339 e. The van der Waals surface area contributed by atoms with E-state index in [0.29, 0.717) is 28.7 Å². The Morgan fingerprint density at radius 2 is 1.94 bits per heavy atom. The maximum atomic E-state index is 13.1. The fraction of sp³-hybridized carbons (Fsp3) is 0.364. The number of carbonyl (C=O) groups excluding carboxylic acids is 1. The van der Waals surface area contributed by atoms with Crippen LogP contribution in [-0.2, 0) is 24.9 Å². The van der Waals surface area contributed by atoms with Crippen molar-refractivity contribution in [2.75, 3.05) is 19.5 Å². The predicted molar refractivity (Wildman–Crippen MR) is 126 cm³/mol. The van der Waals surface area contributed by atoms with E-state index >= 15 is 0 Å². The Morgan fingerprint density at radius 1 is 1.22 bits per heavy atom. The summed E-state index contributed by atoms with van der Waals surface area (Å²) in [5, 5.41) is 3.31. The van der Waals surface area contributed by atoms with Crippen molar-refractivity contribution in [3.05, 3.63) is 55.5 Å². The highest BCUT2D eigenvalue weighted by Gasteiger charge is 2.27. The number of benzene rings is 1. The highest BCUT2D eigenvalue weighted by molar-refractivity contribution is 7.19. The molecule has 4 rings (SSSR count). The fourth-order valence-corrected chi connectivity index (χ4v) is 5.17. The van der Waals surface area contributed by atoms with Crippen LogP contribution in [0.5, 0.6) is 0 Å². The summed E-state index contributed by atoms with van der Waals surface area (Å²) in [5.74, 6) is 0.203. The van der Waals surface area contributed by atoms with Gasteiger partial charge in [0.05, 0.1) is 35.6 Å². The minimum atomic E-state index is -0.603. The SMILES string of the molecule is CNc1nc2ccccc2n1Cc1sc2c(c1C(=O)OC)c(=O)n(C)c(=O)n2CC(C)C. The van der Waals surface area contributed by atoms with Gasteiger partial charge in [0.2, 0.25) is 5.95 Å². The largest absolute Gasteiger partial charge is 0.465 e. The number of fused-ring (bicyclic) bond motifs is 2. The number of thiophene rings is 1. The van der Waals surface area contributed by atoms with E-state index in [4.69, 9.17) is 4.74 Å². The van der Waals surface area contributed by atoms with Crippen LogP contribution in [0.4, 0.5) is 5.95 Å². The van der Waals surface area contributed by atoms with E-state index in [1.807, 2.05) is 42.7 Å². The fourth-order valence-electron chi connectivity index (χ4n) is 3.90. The van der Waals surface area contributed by atoms with E-state index in [2.05, 4.69) is 10.3 Å². The van der Waals surface area contributed by atoms with Gasteiger partial charge >= 0.3 is 11.7 Å². The molecule has 0 amide bonds. The van der Waals surface area contributed by atoms with Gasteiger partial charge in [0.25, 0.3) is 5.56 Å². The normalized spacial score (nSPS) is 11.6. The number of para-hydroxylation sites is 2. The van der Waals surface area contributed by atoms with E-state index in [9.17, 15) is 14.4 Å². The van der Waals surface area contributed by atoms with E-state index in [1.54, 1.807) is 11.6 Å². The average molecular weight is 456 g/mol. The molecule has 1 aromatic carbocycles. The molecule has 32 heavy (non-hydrogen) atoms. The van der Waals surface area contributed by atoms with Crippen LogP contribution in [0.1, 0.15) is 29.1 Å². The molecular weight excluding hydrogens is 430 g/mol. The number of esters is 1. The Balaban J connectivity index is 2.04. The number of anilines is 1. The van der Waals surface area contributed by atoms with Crippen molar-refractivity contribution in [1.82, 2.24) is 18.7 Å². The van der Waals surface area contributed by atoms with E-state index in [-0.39, 0.29) is 16.9 Å². The molecular formula is C22H25N5O4S. The molecule has 9 nitrogen and oxygen atoms in total. The molecule has 0 saturated carbocycles. The van der Waals surface area contributed by atoms with Crippen molar-refractivity contribution in [3.8, 4) is 0 Å². The number of imidazole rings is 1. The van der Waals surface area contributed by atoms with Gasteiger partial charge in [-0.3, -0.25) is 13.9 Å². The van der Waals surface area contributed by atoms with Gasteiger partial charge < -0.3 is 14.6 Å². The minimum absolute atomic E-state index is 0.175. The van der Waals surface area contributed by atoms with Crippen LogP contribution in [-0.4, -0.2) is 38.8 Å². The molecule has 0 aliphatic rings. The number of rotatable bonds is 6. The van der Waals surface area contributed by atoms with Crippen molar-refractivity contribution in [2.24, 2.45) is 13.0 Å². The molecule has 4 aromatic rings. The third-order valence-electron chi connectivity index (χ3n) is 5.36. The zero-order valence-corrected chi connectivity index (χ0v) is 19.4. The monoisotopic (exact) mass is 455 g/mol. The number of hydrogen-bond acceptors (Lipinski definition) is 7. The molecule has 0 aliphatic heterocycles. The van der Waals surface area contributed by atoms with E-state index in [0.717, 1.165) is 15.6 Å². The summed E-state index contributed by atoms with van der Waals surface area (Å²) >= 11 is 1.27. The number of hydrogen-bond donors (Lipinski definition) is 1. The molecule has 0 saturated heterocycles. The van der Waals surface area contributed by atoms with Crippen molar-refractivity contribution in [1.29, 1.82) is 0 Å². The van der Waals surface area contributed by atoms with Gasteiger partial charge in [0.15, 0.2) is 0 Å². The molecule has 0 spiro atoms. The maximum absolute atomic E-state index is 13.1. The smallest absolute Gasteiger partial charge is 0.339 e. The Hall–Kier alpha value is -3.40. The first-order chi connectivity index (χ1) is 15.3. The standard InChI is InChI=1S/C22H25N5O4S/c1-12(2)10-27-19-17(18(28)25(4)22(27)30)16(20(29)31-5)15(32-19)11-26-14-9-7-6-8-13(14)24-21(26)23-3/h6-9,12H,10-11H2,1-5H3,(H,23,24). The molecule has 0 aliphatic carbocycles. The van der Waals surface area contributed by atoms with Gasteiger partial charge in [-0.25, -0.2) is 14.6 Å². The van der Waals surface area contributed by atoms with E-state index in [1.165, 1.54) is 25.5 Å². The second-order valence-corrected chi connectivity index (χ2v) is 9.07. The summed E-state index contributed by atoms with van der Waals surface area (Å²) in [5.41, 5.74) is 0.995. The molecule has 0 radical (unpaired) electrons. The number of carbonyl (C=O) groups is 1. The topological polar surface area (TPSA) is 100 Å². The molecule has 1 N–H and O–H groups in total. The lowest BCUT2D eigenvalue weighted by Crippen LogP contribution is -2.38.